The van der Waals surface area contributed by atoms with E-state index in [9.17, 15) is 95.9 Å². The van der Waals surface area contributed by atoms with E-state index >= 15 is 0 Å². The van der Waals surface area contributed by atoms with Crippen LogP contribution in [-0.2, 0) is 181 Å². The molecule has 788 valence electrons. The predicted molar refractivity (Wildman–Crippen MR) is 482 cm³/mol. The summed E-state index contributed by atoms with van der Waals surface area (Å²) in [7, 11) is 12.3. The number of carboxylic acid groups (broad SMARTS) is 2. The van der Waals surface area contributed by atoms with Crippen molar-refractivity contribution in [1.82, 2.24) is 0 Å². The van der Waals surface area contributed by atoms with Crippen molar-refractivity contribution in [2.24, 2.45) is 22.7 Å². The third-order valence-electron chi connectivity index (χ3n) is 17.7. The minimum absolute atomic E-state index is 0.0390. The molecule has 0 bridgehead atoms. The first-order valence-electron chi connectivity index (χ1n) is 42.9. The minimum atomic E-state index is -1.21. The summed E-state index contributed by atoms with van der Waals surface area (Å²) in [6.45, 7) is 54.2. The van der Waals surface area contributed by atoms with Gasteiger partial charge in [-0.25, -0.2) is 57.5 Å². The third kappa shape index (κ3) is 101. The van der Waals surface area contributed by atoms with Gasteiger partial charge in [-0.15, -0.1) is 0 Å². The Labute approximate surface area is 792 Å². The van der Waals surface area contributed by atoms with E-state index in [4.69, 9.17) is 38.6 Å². The Morgan fingerprint density at radius 2 is 0.582 bits per heavy atom. The van der Waals surface area contributed by atoms with E-state index in [-0.39, 0.29) is 105 Å². The van der Waals surface area contributed by atoms with E-state index in [0.717, 1.165) is 54.1 Å². The first-order chi connectivity index (χ1) is 61.5. The zero-order chi connectivity index (χ0) is 108. The van der Waals surface area contributed by atoms with Crippen LogP contribution in [0.25, 0.3) is 0 Å². The van der Waals surface area contributed by atoms with Gasteiger partial charge in [0.05, 0.1) is 118 Å². The van der Waals surface area contributed by atoms with E-state index in [1.165, 1.54) is 42.7 Å². The summed E-state index contributed by atoms with van der Waals surface area (Å²) in [5.41, 5.74) is -3.04. The van der Waals surface area contributed by atoms with Crippen LogP contribution in [0.5, 0.6) is 0 Å². The van der Waals surface area contributed by atoms with E-state index in [0.29, 0.717) is 51.4 Å². The molecule has 0 aromatic carbocycles. The second kappa shape index (κ2) is 87.3. The van der Waals surface area contributed by atoms with Gasteiger partial charge in [-0.2, -0.15) is 0 Å². The molecule has 0 aliphatic carbocycles. The van der Waals surface area contributed by atoms with Gasteiger partial charge >= 0.3 is 120 Å². The van der Waals surface area contributed by atoms with E-state index < -0.39 is 124 Å². The smallest absolute Gasteiger partial charge is 0.469 e. The Balaban J connectivity index is -0.000000121. The van der Waals surface area contributed by atoms with Gasteiger partial charge in [0.2, 0.25) is 0 Å². The van der Waals surface area contributed by atoms with E-state index in [1.807, 2.05) is 104 Å². The highest BCUT2D eigenvalue weighted by molar-refractivity contribution is 6.30. The van der Waals surface area contributed by atoms with E-state index in [1.54, 1.807) is 104 Å². The Bertz CT molecular complexity index is 3330. The van der Waals surface area contributed by atoms with Crippen molar-refractivity contribution in [3.63, 3.8) is 0 Å². The van der Waals surface area contributed by atoms with Crippen LogP contribution in [0.2, 0.25) is 0 Å². The molecule has 44 nitrogen and oxygen atoms in total. The summed E-state index contributed by atoms with van der Waals surface area (Å²) in [5.74, 6) is -9.97. The molecule has 0 aromatic heterocycles. The van der Waals surface area contributed by atoms with Gasteiger partial charge in [0.15, 0.2) is 13.2 Å². The molecule has 0 spiro atoms. The van der Waals surface area contributed by atoms with Crippen molar-refractivity contribution >= 4 is 120 Å². The molecule has 0 saturated heterocycles. The monoisotopic (exact) mass is 1950 g/mol. The van der Waals surface area contributed by atoms with Crippen LogP contribution in [0.4, 0.5) is 19.2 Å². The summed E-state index contributed by atoms with van der Waals surface area (Å²) in [4.78, 5) is 213. The number of methoxy groups -OCH3 is 10. The van der Waals surface area contributed by atoms with Gasteiger partial charge in [0.1, 0.15) is 49.0 Å². The van der Waals surface area contributed by atoms with Crippen LogP contribution in [-0.4, -0.2) is 275 Å². The number of carbonyl (C=O) groups excluding carboxylic acids is 18. The molecular formula is C90H164O44. The number of ether oxygens (including phenoxy) is 22. The lowest BCUT2D eigenvalue weighted by molar-refractivity contribution is -0.174. The minimum Gasteiger partial charge on any atom is -0.469 e. The highest BCUT2D eigenvalue weighted by Gasteiger charge is 2.31. The fourth-order valence-electron chi connectivity index (χ4n) is 5.17. The standard InChI is InChI=1S/2C9H16O4.4C8H14O4.C8H16O3.2C7H12O4.C7H14O3.C6H12O3.C5H10O3/c1-5-9(2,3)8(11)13-6-7(10)12-4;1-5-9(2,3)13-8(11)6-7(10)12-4;1-5-8(2,3)6(9)12-7(10)11-4;1-5-8(2,3)12-7(10)6(9)11-4;1-4-6(2)8(10)12-5-7(9)11-3;1-4-6(2)12-8(10)5-7(9)11-3;1-5-8(2,3)11-6-7(9)10-4;1-4-5(2)11-7(9)6(8)10-3;1-4-5(2)6(8)11-7(9)10-3;1-4-6(2)10-5-7(8)9-3;1-4-6(2,3)9-5(7)8;1-3-4(2)8-5(6)7/h2*5-6H2,1-4H3;2*5H2,1-4H3;2*6H,4-5H2,1-3H3;5-6H2,1-4H3;2*5H,4H2,1-3H3;6H,4-5H2,1-3H3;4H2,1-3H3,(H,7,8);4H,3H2,1-2H3,(H,6,7). The van der Waals surface area contributed by atoms with Crippen molar-refractivity contribution in [1.29, 1.82) is 0 Å². The molecule has 0 amide bonds. The zero-order valence-electron chi connectivity index (χ0n) is 87.2. The molecule has 0 aliphatic rings. The molecule has 2 N–H and O–H groups in total. The van der Waals surface area contributed by atoms with Crippen LogP contribution in [0.15, 0.2) is 0 Å². The summed E-state index contributed by atoms with van der Waals surface area (Å²) < 4.78 is 99.1. The molecule has 0 aromatic rings. The lowest BCUT2D eigenvalue weighted by atomic mass is 9.91. The van der Waals surface area contributed by atoms with Crippen LogP contribution in [0.3, 0.4) is 0 Å². The molecular weight excluding hydrogens is 1780 g/mol. The Morgan fingerprint density at radius 1 is 0.261 bits per heavy atom. The van der Waals surface area contributed by atoms with Crippen LogP contribution in [0.1, 0.15) is 298 Å². The lowest BCUT2D eigenvalue weighted by Gasteiger charge is -2.22. The van der Waals surface area contributed by atoms with Crippen molar-refractivity contribution in [2.45, 2.75) is 344 Å². The Hall–Kier alpha value is -11.1. The highest BCUT2D eigenvalue weighted by Crippen LogP contribution is 2.23. The van der Waals surface area contributed by atoms with Crippen LogP contribution >= 0.6 is 0 Å². The SMILES string of the molecule is CCC(C)(C)C(=O)OC(=O)OC.CCC(C)(C)C(=O)OCC(=O)OC.CCC(C)(C)OC(=O)C(=O)OC.CCC(C)(C)OC(=O)CC(=O)OC.CCC(C)(C)OC(=O)O.CCC(C)(C)OCC(=O)OC.CCC(C)C(=O)OC(=O)OC.CCC(C)C(=O)OCC(=O)OC.CCC(C)OC(=O)C(=O)OC.CCC(C)OC(=O)CC(=O)OC.CCC(C)OC(=O)O.CCC(C)OCC(=O)OC. The molecule has 0 rings (SSSR count). The number of rotatable bonds is 36. The molecule has 0 aliphatic heterocycles. The normalized spacial score (nSPS) is 11.5. The zero-order valence-corrected chi connectivity index (χ0v) is 87.2. The number of hydrogen-bond donors (Lipinski definition) is 2. The first kappa shape index (κ1) is 149. The average Bonchev–Trinajstić information content (AvgIpc) is 0.893. The van der Waals surface area contributed by atoms with Gasteiger partial charge in [-0.05, 0) is 188 Å². The maximum atomic E-state index is 11.3. The topological polar surface area (TPSA) is 585 Å². The van der Waals surface area contributed by atoms with Crippen molar-refractivity contribution in [3.05, 3.63) is 0 Å². The summed E-state index contributed by atoms with van der Waals surface area (Å²) in [6, 6.07) is 0. The van der Waals surface area contributed by atoms with Gasteiger partial charge < -0.3 is 114 Å². The summed E-state index contributed by atoms with van der Waals surface area (Å²) >= 11 is 0. The average molecular weight is 1950 g/mol. The second-order valence-electron chi connectivity index (χ2n) is 31.2. The summed E-state index contributed by atoms with van der Waals surface area (Å²) in [5, 5.41) is 16.2. The number of carbonyl (C=O) groups is 20. The third-order valence-corrected chi connectivity index (χ3v) is 17.7. The molecule has 6 unspecified atom stereocenters. The van der Waals surface area contributed by atoms with Gasteiger partial charge in [-0.1, -0.05) is 96.9 Å². The molecule has 44 heteroatoms. The van der Waals surface area contributed by atoms with Crippen molar-refractivity contribution < 1.29 is 210 Å². The quantitative estimate of drug-likeness (QED) is 0.0255. The number of esters is 16. The van der Waals surface area contributed by atoms with Crippen molar-refractivity contribution in [3.8, 4) is 0 Å². The van der Waals surface area contributed by atoms with E-state index in [2.05, 4.69) is 75.8 Å². The maximum absolute atomic E-state index is 11.3. The van der Waals surface area contributed by atoms with Crippen molar-refractivity contribution in [2.75, 3.05) is 97.5 Å². The summed E-state index contributed by atoms with van der Waals surface area (Å²) in [6.07, 6.45) is 3.30. The van der Waals surface area contributed by atoms with Gasteiger partial charge in [-0.3, -0.25) is 38.4 Å². The van der Waals surface area contributed by atoms with Crippen LogP contribution < -0.4 is 0 Å². The number of hydrogen-bond acceptors (Lipinski definition) is 42. The molecule has 0 saturated carbocycles. The molecule has 0 heterocycles. The molecule has 0 fully saturated rings. The predicted octanol–water partition coefficient (Wildman–Crippen LogP) is 14.2. The van der Waals surface area contributed by atoms with Gasteiger partial charge in [0.25, 0.3) is 0 Å². The first-order valence-corrected chi connectivity index (χ1v) is 42.9. The molecule has 134 heavy (non-hydrogen) atoms. The fraction of sp³-hybridized carbons (Fsp3) is 0.778. The molecule has 6 atom stereocenters. The second-order valence-corrected chi connectivity index (χ2v) is 31.2. The van der Waals surface area contributed by atoms with Gasteiger partial charge in [0, 0.05) is 0 Å². The molecule has 0 radical (unpaired) electrons. The highest BCUT2D eigenvalue weighted by atomic mass is 16.7. The maximum Gasteiger partial charge on any atom is 0.515 e. The largest absolute Gasteiger partial charge is 0.515 e. The van der Waals surface area contributed by atoms with Crippen LogP contribution in [0, 0.1) is 22.7 Å². The Kier molecular flexibility index (Phi) is 96.7. The fourth-order valence-corrected chi connectivity index (χ4v) is 5.17. The lowest BCUT2D eigenvalue weighted by Crippen LogP contribution is -2.31. The Morgan fingerprint density at radius 3 is 0.910 bits per heavy atom.